The number of para-hydroxylation sites is 1. The fraction of sp³-hybridized carbons (Fsp3) is 0.333. The summed E-state index contributed by atoms with van der Waals surface area (Å²) >= 11 is 0. The zero-order chi connectivity index (χ0) is 15.1. The molecule has 3 heteroatoms. The highest BCUT2D eigenvalue weighted by Crippen LogP contribution is 2.23. The van der Waals surface area contributed by atoms with Gasteiger partial charge in [0.15, 0.2) is 11.6 Å². The third-order valence-electron chi connectivity index (χ3n) is 3.23. The van der Waals surface area contributed by atoms with E-state index >= 15 is 0 Å². The zero-order valence-electron chi connectivity index (χ0n) is 12.6. The lowest BCUT2D eigenvalue weighted by Gasteiger charge is -2.14. The Kier molecular flexibility index (Phi) is 5.76. The first kappa shape index (κ1) is 15.5. The van der Waals surface area contributed by atoms with Gasteiger partial charge in [0.05, 0.1) is 6.61 Å². The van der Waals surface area contributed by atoms with Crippen molar-refractivity contribution in [2.45, 2.75) is 32.9 Å². The summed E-state index contributed by atoms with van der Waals surface area (Å²) in [6.45, 7) is 5.21. The molecule has 2 rings (SSSR count). The monoisotopic (exact) mass is 287 g/mol. The molecule has 0 unspecified atom stereocenters. The van der Waals surface area contributed by atoms with Gasteiger partial charge in [-0.05, 0) is 11.6 Å². The summed E-state index contributed by atoms with van der Waals surface area (Å²) in [7, 11) is 0. The van der Waals surface area contributed by atoms with E-state index in [0.717, 1.165) is 12.0 Å². The van der Waals surface area contributed by atoms with Crippen LogP contribution in [0, 0.1) is 5.82 Å². The molecule has 0 saturated carbocycles. The van der Waals surface area contributed by atoms with Crippen LogP contribution in [0.5, 0.6) is 5.75 Å². The fourth-order valence-corrected chi connectivity index (χ4v) is 2.08. The van der Waals surface area contributed by atoms with Gasteiger partial charge >= 0.3 is 0 Å². The molecule has 2 aromatic rings. The van der Waals surface area contributed by atoms with Gasteiger partial charge in [-0.1, -0.05) is 56.3 Å². The third kappa shape index (κ3) is 4.87. The van der Waals surface area contributed by atoms with E-state index in [-0.39, 0.29) is 5.82 Å². The molecule has 0 aromatic heterocycles. The Hall–Kier alpha value is -1.87. The van der Waals surface area contributed by atoms with Crippen LogP contribution in [0.3, 0.4) is 0 Å². The molecule has 0 aliphatic carbocycles. The number of benzene rings is 2. The van der Waals surface area contributed by atoms with Gasteiger partial charge in [0.2, 0.25) is 0 Å². The van der Waals surface area contributed by atoms with Crippen LogP contribution in [-0.2, 0) is 13.0 Å². The van der Waals surface area contributed by atoms with Crippen LogP contribution in [0.15, 0.2) is 48.5 Å². The molecule has 1 N–H and O–H groups in total. The minimum absolute atomic E-state index is 0.300. The second-order valence-electron chi connectivity index (χ2n) is 5.35. The molecule has 0 spiro atoms. The van der Waals surface area contributed by atoms with E-state index in [4.69, 9.17) is 4.74 Å². The van der Waals surface area contributed by atoms with Gasteiger partial charge in [-0.15, -0.1) is 0 Å². The van der Waals surface area contributed by atoms with Gasteiger partial charge in [-0.2, -0.15) is 0 Å². The zero-order valence-corrected chi connectivity index (χ0v) is 12.6. The molecule has 0 atom stereocenters. The topological polar surface area (TPSA) is 21.3 Å². The summed E-state index contributed by atoms with van der Waals surface area (Å²) in [5.41, 5.74) is 2.05. The molecule has 21 heavy (non-hydrogen) atoms. The number of rotatable bonds is 7. The van der Waals surface area contributed by atoms with Gasteiger partial charge in [0.25, 0.3) is 0 Å². The average molecular weight is 287 g/mol. The first-order valence-electron chi connectivity index (χ1n) is 7.34. The minimum atomic E-state index is -0.300. The van der Waals surface area contributed by atoms with E-state index < -0.39 is 0 Å². The molecular weight excluding hydrogens is 265 g/mol. The summed E-state index contributed by atoms with van der Waals surface area (Å²) < 4.78 is 19.6. The van der Waals surface area contributed by atoms with Crippen LogP contribution in [-0.4, -0.2) is 12.6 Å². The Labute approximate surface area is 126 Å². The van der Waals surface area contributed by atoms with E-state index in [1.165, 1.54) is 11.6 Å². The Balaban J connectivity index is 1.98. The summed E-state index contributed by atoms with van der Waals surface area (Å²) in [6.07, 6.45) is 0.770. The second-order valence-corrected chi connectivity index (χ2v) is 5.35. The van der Waals surface area contributed by atoms with Crippen molar-refractivity contribution < 1.29 is 9.13 Å². The van der Waals surface area contributed by atoms with Crippen molar-refractivity contribution in [3.05, 3.63) is 65.5 Å². The van der Waals surface area contributed by atoms with Crippen molar-refractivity contribution in [3.63, 3.8) is 0 Å². The van der Waals surface area contributed by atoms with E-state index in [9.17, 15) is 4.39 Å². The molecular formula is C18H22FNO. The lowest BCUT2D eigenvalue weighted by molar-refractivity contribution is 0.300. The number of ether oxygens (including phenoxy) is 1. The Morgan fingerprint density at radius 2 is 1.81 bits per heavy atom. The molecule has 2 aromatic carbocycles. The van der Waals surface area contributed by atoms with Crippen molar-refractivity contribution in [2.24, 2.45) is 0 Å². The maximum absolute atomic E-state index is 13.9. The van der Waals surface area contributed by atoms with Crippen molar-refractivity contribution in [1.29, 1.82) is 0 Å². The van der Waals surface area contributed by atoms with E-state index in [1.807, 2.05) is 36.4 Å². The Morgan fingerprint density at radius 1 is 1.05 bits per heavy atom. The SMILES string of the molecule is CC(C)NCc1cccc(F)c1OCCc1ccccc1. The van der Waals surface area contributed by atoms with Crippen LogP contribution in [0.1, 0.15) is 25.0 Å². The largest absolute Gasteiger partial charge is 0.490 e. The van der Waals surface area contributed by atoms with Crippen molar-refractivity contribution in [3.8, 4) is 5.75 Å². The van der Waals surface area contributed by atoms with Crippen LogP contribution in [0.2, 0.25) is 0 Å². The number of halogens is 1. The number of nitrogens with one attached hydrogen (secondary N) is 1. The molecule has 0 aliphatic rings. The lowest BCUT2D eigenvalue weighted by Crippen LogP contribution is -2.22. The first-order valence-corrected chi connectivity index (χ1v) is 7.34. The van der Waals surface area contributed by atoms with E-state index in [0.29, 0.717) is 24.9 Å². The van der Waals surface area contributed by atoms with Crippen molar-refractivity contribution in [1.82, 2.24) is 5.32 Å². The standard InChI is InChI=1S/C18H22FNO/c1-14(2)20-13-16-9-6-10-17(19)18(16)21-12-11-15-7-4-3-5-8-15/h3-10,14,20H,11-13H2,1-2H3. The normalized spacial score (nSPS) is 10.9. The lowest BCUT2D eigenvalue weighted by atomic mass is 10.1. The quantitative estimate of drug-likeness (QED) is 0.832. The van der Waals surface area contributed by atoms with Crippen LogP contribution >= 0.6 is 0 Å². The van der Waals surface area contributed by atoms with Gasteiger partial charge in [-0.3, -0.25) is 0 Å². The molecule has 0 aliphatic heterocycles. The van der Waals surface area contributed by atoms with Crippen LogP contribution < -0.4 is 10.1 Å². The number of hydrogen-bond donors (Lipinski definition) is 1. The molecule has 0 amide bonds. The predicted octanol–water partition coefficient (Wildman–Crippen LogP) is 3.95. The maximum Gasteiger partial charge on any atom is 0.165 e. The molecule has 0 radical (unpaired) electrons. The first-order chi connectivity index (χ1) is 10.2. The van der Waals surface area contributed by atoms with Gasteiger partial charge in [0.1, 0.15) is 0 Å². The third-order valence-corrected chi connectivity index (χ3v) is 3.23. The molecule has 2 nitrogen and oxygen atoms in total. The highest BCUT2D eigenvalue weighted by molar-refractivity contribution is 5.35. The molecule has 0 saturated heterocycles. The van der Waals surface area contributed by atoms with E-state index in [1.54, 1.807) is 6.07 Å². The number of hydrogen-bond acceptors (Lipinski definition) is 2. The molecule has 0 fully saturated rings. The van der Waals surface area contributed by atoms with Gasteiger partial charge < -0.3 is 10.1 Å². The highest BCUT2D eigenvalue weighted by Gasteiger charge is 2.10. The van der Waals surface area contributed by atoms with Crippen LogP contribution in [0.25, 0.3) is 0 Å². The summed E-state index contributed by atoms with van der Waals surface area (Å²) in [5, 5.41) is 3.29. The van der Waals surface area contributed by atoms with Gasteiger partial charge in [0, 0.05) is 24.6 Å². The predicted molar refractivity (Wildman–Crippen MR) is 84.0 cm³/mol. The van der Waals surface area contributed by atoms with Crippen molar-refractivity contribution in [2.75, 3.05) is 6.61 Å². The summed E-state index contributed by atoms with van der Waals surface area (Å²) in [6, 6.07) is 15.5. The highest BCUT2D eigenvalue weighted by atomic mass is 19.1. The molecule has 112 valence electrons. The van der Waals surface area contributed by atoms with E-state index in [2.05, 4.69) is 19.2 Å². The molecule has 0 heterocycles. The average Bonchev–Trinajstić information content (AvgIpc) is 2.48. The smallest absolute Gasteiger partial charge is 0.165 e. The summed E-state index contributed by atoms with van der Waals surface area (Å²) in [5.74, 6) is 0.0627. The molecule has 0 bridgehead atoms. The van der Waals surface area contributed by atoms with Crippen LogP contribution in [0.4, 0.5) is 4.39 Å². The Morgan fingerprint density at radius 3 is 2.52 bits per heavy atom. The second kappa shape index (κ2) is 7.79. The maximum atomic E-state index is 13.9. The van der Waals surface area contributed by atoms with Crippen molar-refractivity contribution >= 4 is 0 Å². The fourth-order valence-electron chi connectivity index (χ4n) is 2.08. The minimum Gasteiger partial charge on any atom is -0.490 e. The summed E-state index contributed by atoms with van der Waals surface area (Å²) in [4.78, 5) is 0. The van der Waals surface area contributed by atoms with Gasteiger partial charge in [-0.25, -0.2) is 4.39 Å². The Bertz CT molecular complexity index is 554.